The number of fused-ring (bicyclic) bond motifs is 3. The van der Waals surface area contributed by atoms with Gasteiger partial charge in [-0.2, -0.15) is 5.10 Å². The number of para-hydroxylation sites is 1. The molecule has 3 aromatic rings. The van der Waals surface area contributed by atoms with Gasteiger partial charge in [0, 0.05) is 17.3 Å². The van der Waals surface area contributed by atoms with E-state index in [0.29, 0.717) is 18.5 Å². The van der Waals surface area contributed by atoms with Crippen LogP contribution in [0.15, 0.2) is 35.3 Å². The molecule has 0 radical (unpaired) electrons. The molecule has 6 nitrogen and oxygen atoms in total. The average Bonchev–Trinajstić information content (AvgIpc) is 2.90. The van der Waals surface area contributed by atoms with Gasteiger partial charge in [0.2, 0.25) is 5.91 Å². The van der Waals surface area contributed by atoms with E-state index in [1.807, 2.05) is 42.7 Å². The fraction of sp³-hybridized carbons (Fsp3) is 0.353. The van der Waals surface area contributed by atoms with E-state index in [-0.39, 0.29) is 11.5 Å². The van der Waals surface area contributed by atoms with Gasteiger partial charge in [-0.25, -0.2) is 5.10 Å². The van der Waals surface area contributed by atoms with Crippen molar-refractivity contribution in [1.29, 1.82) is 0 Å². The molecule has 0 saturated carbocycles. The molecule has 0 saturated heterocycles. The molecule has 1 amide bonds. The lowest BCUT2D eigenvalue weighted by Gasteiger charge is -2.18. The Labute approximate surface area is 133 Å². The lowest BCUT2D eigenvalue weighted by molar-refractivity contribution is -0.124. The van der Waals surface area contributed by atoms with Crippen LogP contribution in [0.1, 0.15) is 32.7 Å². The summed E-state index contributed by atoms with van der Waals surface area (Å²) in [5.41, 5.74) is 1.10. The number of nitrogens with zero attached hydrogens (tertiary/aromatic N) is 2. The van der Waals surface area contributed by atoms with E-state index in [1.165, 1.54) is 0 Å². The van der Waals surface area contributed by atoms with Gasteiger partial charge >= 0.3 is 0 Å². The number of carbonyl (C=O) groups is 1. The molecule has 0 aliphatic carbocycles. The van der Waals surface area contributed by atoms with Crippen molar-refractivity contribution in [2.45, 2.75) is 32.7 Å². The lowest BCUT2D eigenvalue weighted by atomic mass is 10.2. The molecule has 0 fully saturated rings. The Bertz CT molecular complexity index is 910. The van der Waals surface area contributed by atoms with Crippen molar-refractivity contribution >= 4 is 27.7 Å². The van der Waals surface area contributed by atoms with Gasteiger partial charge in [-0.1, -0.05) is 32.0 Å². The van der Waals surface area contributed by atoms with Crippen LogP contribution < -0.4 is 10.9 Å². The van der Waals surface area contributed by atoms with Crippen molar-refractivity contribution in [2.24, 2.45) is 0 Å². The molecule has 1 aromatic carbocycles. The SMILES string of the molecule is CCCNC(=O)C(CC)n1c2ccccc2c2cn[nH]c(=O)c21. The first kappa shape index (κ1) is 15.3. The van der Waals surface area contributed by atoms with Gasteiger partial charge in [0.1, 0.15) is 11.6 Å². The molecule has 1 atom stereocenters. The number of rotatable bonds is 5. The summed E-state index contributed by atoms with van der Waals surface area (Å²) in [6.07, 6.45) is 3.12. The zero-order valence-electron chi connectivity index (χ0n) is 13.3. The number of nitrogens with one attached hydrogen (secondary N) is 2. The normalized spacial score (nSPS) is 12.6. The highest BCUT2D eigenvalue weighted by atomic mass is 16.2. The lowest BCUT2D eigenvalue weighted by Crippen LogP contribution is -2.33. The van der Waals surface area contributed by atoms with Gasteiger partial charge in [-0.15, -0.1) is 0 Å². The summed E-state index contributed by atoms with van der Waals surface area (Å²) in [5, 5.41) is 11.0. The van der Waals surface area contributed by atoms with Gasteiger partial charge < -0.3 is 9.88 Å². The first-order valence-electron chi connectivity index (χ1n) is 7.93. The number of H-pyrrole nitrogens is 1. The molecule has 1 unspecified atom stereocenters. The van der Waals surface area contributed by atoms with E-state index in [4.69, 9.17) is 0 Å². The molecule has 6 heteroatoms. The summed E-state index contributed by atoms with van der Waals surface area (Å²) in [6.45, 7) is 4.59. The average molecular weight is 312 g/mol. The third kappa shape index (κ3) is 2.50. The summed E-state index contributed by atoms with van der Waals surface area (Å²) in [6, 6.07) is 7.30. The fourth-order valence-corrected chi connectivity index (χ4v) is 3.04. The van der Waals surface area contributed by atoms with Crippen LogP contribution in [-0.2, 0) is 4.79 Å². The van der Waals surface area contributed by atoms with Crippen molar-refractivity contribution in [2.75, 3.05) is 6.54 Å². The molecule has 2 heterocycles. The molecule has 0 aliphatic rings. The van der Waals surface area contributed by atoms with Crippen molar-refractivity contribution in [3.8, 4) is 0 Å². The van der Waals surface area contributed by atoms with Crippen molar-refractivity contribution in [1.82, 2.24) is 20.1 Å². The minimum Gasteiger partial charge on any atom is -0.354 e. The molecule has 2 N–H and O–H groups in total. The number of carbonyl (C=O) groups excluding carboxylic acids is 1. The molecular weight excluding hydrogens is 292 g/mol. The Balaban J connectivity index is 2.29. The smallest absolute Gasteiger partial charge is 0.288 e. The maximum atomic E-state index is 12.6. The fourth-order valence-electron chi connectivity index (χ4n) is 3.04. The number of hydrogen-bond acceptors (Lipinski definition) is 3. The van der Waals surface area contributed by atoms with E-state index in [1.54, 1.807) is 6.20 Å². The maximum absolute atomic E-state index is 12.6. The summed E-state index contributed by atoms with van der Waals surface area (Å²) >= 11 is 0. The number of aromatic amines is 1. The second-order valence-corrected chi connectivity index (χ2v) is 5.56. The first-order valence-corrected chi connectivity index (χ1v) is 7.93. The highest BCUT2D eigenvalue weighted by molar-refractivity contribution is 6.08. The van der Waals surface area contributed by atoms with E-state index in [0.717, 1.165) is 22.7 Å². The van der Waals surface area contributed by atoms with E-state index < -0.39 is 6.04 Å². The molecule has 3 rings (SSSR count). The molecule has 0 bridgehead atoms. The summed E-state index contributed by atoms with van der Waals surface area (Å²) in [4.78, 5) is 24.9. The number of benzene rings is 1. The van der Waals surface area contributed by atoms with Gasteiger partial charge in [0.25, 0.3) is 5.56 Å². The summed E-state index contributed by atoms with van der Waals surface area (Å²) in [7, 11) is 0. The summed E-state index contributed by atoms with van der Waals surface area (Å²) in [5.74, 6) is -0.0618. The van der Waals surface area contributed by atoms with Gasteiger partial charge in [-0.3, -0.25) is 9.59 Å². The van der Waals surface area contributed by atoms with Crippen LogP contribution in [0.4, 0.5) is 0 Å². The molecule has 23 heavy (non-hydrogen) atoms. The summed E-state index contributed by atoms with van der Waals surface area (Å²) < 4.78 is 1.84. The zero-order valence-corrected chi connectivity index (χ0v) is 13.3. The minimum absolute atomic E-state index is 0.0618. The molecular formula is C17H20N4O2. The third-order valence-electron chi connectivity index (χ3n) is 4.07. The maximum Gasteiger partial charge on any atom is 0.288 e. The van der Waals surface area contributed by atoms with Gasteiger partial charge in [0.15, 0.2) is 0 Å². The topological polar surface area (TPSA) is 79.8 Å². The van der Waals surface area contributed by atoms with Crippen LogP contribution >= 0.6 is 0 Å². The predicted molar refractivity (Wildman–Crippen MR) is 90.5 cm³/mol. The minimum atomic E-state index is -0.424. The van der Waals surface area contributed by atoms with E-state index in [9.17, 15) is 9.59 Å². The van der Waals surface area contributed by atoms with Crippen molar-refractivity contribution < 1.29 is 4.79 Å². The first-order chi connectivity index (χ1) is 11.2. The van der Waals surface area contributed by atoms with Crippen molar-refractivity contribution in [3.63, 3.8) is 0 Å². The highest BCUT2D eigenvalue weighted by Gasteiger charge is 2.24. The van der Waals surface area contributed by atoms with Gasteiger partial charge in [-0.05, 0) is 18.9 Å². The van der Waals surface area contributed by atoms with Crippen LogP contribution in [0.5, 0.6) is 0 Å². The Morgan fingerprint density at radius 3 is 2.83 bits per heavy atom. The van der Waals surface area contributed by atoms with Crippen LogP contribution in [0.25, 0.3) is 21.8 Å². The van der Waals surface area contributed by atoms with Crippen molar-refractivity contribution in [3.05, 3.63) is 40.8 Å². The number of amides is 1. The second-order valence-electron chi connectivity index (χ2n) is 5.56. The zero-order chi connectivity index (χ0) is 16.4. The Kier molecular flexibility index (Phi) is 4.14. The Morgan fingerprint density at radius 1 is 1.30 bits per heavy atom. The van der Waals surface area contributed by atoms with Crippen LogP contribution in [-0.4, -0.2) is 27.2 Å². The monoisotopic (exact) mass is 312 g/mol. The largest absolute Gasteiger partial charge is 0.354 e. The predicted octanol–water partition coefficient (Wildman–Crippen LogP) is 2.36. The number of aromatic nitrogens is 3. The Morgan fingerprint density at radius 2 is 2.09 bits per heavy atom. The van der Waals surface area contributed by atoms with E-state index in [2.05, 4.69) is 15.5 Å². The van der Waals surface area contributed by atoms with Crippen LogP contribution in [0.3, 0.4) is 0 Å². The van der Waals surface area contributed by atoms with Gasteiger partial charge in [0.05, 0.1) is 11.7 Å². The molecule has 0 spiro atoms. The quantitative estimate of drug-likeness (QED) is 0.759. The highest BCUT2D eigenvalue weighted by Crippen LogP contribution is 2.30. The molecule has 120 valence electrons. The van der Waals surface area contributed by atoms with E-state index >= 15 is 0 Å². The van der Waals surface area contributed by atoms with Crippen LogP contribution in [0.2, 0.25) is 0 Å². The second kappa shape index (κ2) is 6.24. The third-order valence-corrected chi connectivity index (χ3v) is 4.07. The number of hydrogen-bond donors (Lipinski definition) is 2. The Hall–Kier alpha value is -2.63. The molecule has 0 aliphatic heterocycles. The molecule has 2 aromatic heterocycles. The standard InChI is InChI=1S/C17H20N4O2/c1-3-9-18-16(22)13(4-2)21-14-8-6-5-7-11(14)12-10-19-20-17(23)15(12)21/h5-8,10,13H,3-4,9H2,1-2H3,(H,18,22)(H,20,23). The van der Waals surface area contributed by atoms with Crippen LogP contribution in [0, 0.1) is 0 Å².